The number of hydrogen-bond acceptors (Lipinski definition) is 7. The zero-order valence-corrected chi connectivity index (χ0v) is 18.1. The molecule has 0 spiro atoms. The van der Waals surface area contributed by atoms with Crippen molar-refractivity contribution in [2.24, 2.45) is 0 Å². The average Bonchev–Trinajstić information content (AvgIpc) is 3.28. The van der Waals surface area contributed by atoms with Gasteiger partial charge in [0.05, 0.1) is 42.2 Å². The predicted molar refractivity (Wildman–Crippen MR) is 117 cm³/mol. The summed E-state index contributed by atoms with van der Waals surface area (Å²) in [5.74, 6) is 0.833. The number of nitrogens with zero attached hydrogens (tertiary/aromatic N) is 2. The van der Waals surface area contributed by atoms with Gasteiger partial charge in [0, 0.05) is 21.4 Å². The van der Waals surface area contributed by atoms with E-state index in [0.29, 0.717) is 45.2 Å². The van der Waals surface area contributed by atoms with Crippen LogP contribution < -0.4 is 14.8 Å². The van der Waals surface area contributed by atoms with Crippen LogP contribution in [0.15, 0.2) is 34.9 Å². The van der Waals surface area contributed by atoms with E-state index < -0.39 is 0 Å². The number of nitrogens with one attached hydrogen (secondary N) is 1. The van der Waals surface area contributed by atoms with Crippen LogP contribution in [0.25, 0.3) is 22.4 Å². The quantitative estimate of drug-likeness (QED) is 0.478. The molecule has 7 nitrogen and oxygen atoms in total. The highest BCUT2D eigenvalue weighted by molar-refractivity contribution is 7.12. The van der Waals surface area contributed by atoms with Crippen LogP contribution in [-0.2, 0) is 0 Å². The number of methoxy groups -OCH3 is 2. The Bertz CT molecular complexity index is 1260. The maximum Gasteiger partial charge on any atom is 0.259 e. The molecule has 154 valence electrons. The minimum Gasteiger partial charge on any atom is -0.497 e. The van der Waals surface area contributed by atoms with Crippen molar-refractivity contribution in [3.63, 3.8) is 0 Å². The van der Waals surface area contributed by atoms with E-state index in [1.165, 1.54) is 4.88 Å². The first-order valence-corrected chi connectivity index (χ1v) is 10.1. The van der Waals surface area contributed by atoms with E-state index in [0.717, 1.165) is 10.4 Å². The van der Waals surface area contributed by atoms with E-state index in [4.69, 9.17) is 14.0 Å². The number of thiophene rings is 1. The minimum absolute atomic E-state index is 0.303. The van der Waals surface area contributed by atoms with Gasteiger partial charge in [0.25, 0.3) is 11.6 Å². The van der Waals surface area contributed by atoms with E-state index in [2.05, 4.69) is 21.5 Å². The third-order valence-electron chi connectivity index (χ3n) is 4.84. The molecule has 0 radical (unpaired) electrons. The SMILES string of the molecule is COc1ccc(NC(=O)c2cc(-c3cc(C)sc3C)nc3onc(C)c23)c(OC)c1. The number of amides is 1. The third-order valence-corrected chi connectivity index (χ3v) is 5.80. The Morgan fingerprint density at radius 1 is 1.10 bits per heavy atom. The number of carbonyl (C=O) groups is 1. The first-order valence-electron chi connectivity index (χ1n) is 9.29. The average molecular weight is 423 g/mol. The van der Waals surface area contributed by atoms with Crippen molar-refractivity contribution >= 4 is 34.0 Å². The lowest BCUT2D eigenvalue weighted by Crippen LogP contribution is -2.14. The molecular formula is C22H21N3O4S. The largest absolute Gasteiger partial charge is 0.497 e. The van der Waals surface area contributed by atoms with Gasteiger partial charge in [0.2, 0.25) is 0 Å². The van der Waals surface area contributed by atoms with E-state index in [-0.39, 0.29) is 5.91 Å². The molecule has 1 aromatic carbocycles. The number of aromatic nitrogens is 2. The molecule has 3 heterocycles. The molecule has 0 saturated carbocycles. The number of benzene rings is 1. The summed E-state index contributed by atoms with van der Waals surface area (Å²) in [7, 11) is 3.12. The summed E-state index contributed by atoms with van der Waals surface area (Å²) in [6.45, 7) is 5.87. The molecule has 4 aromatic rings. The lowest BCUT2D eigenvalue weighted by molar-refractivity contribution is 0.102. The van der Waals surface area contributed by atoms with Gasteiger partial charge in [0.1, 0.15) is 11.5 Å². The van der Waals surface area contributed by atoms with Crippen LogP contribution >= 0.6 is 11.3 Å². The van der Waals surface area contributed by atoms with E-state index >= 15 is 0 Å². The van der Waals surface area contributed by atoms with Gasteiger partial charge < -0.3 is 19.3 Å². The molecule has 30 heavy (non-hydrogen) atoms. The summed E-state index contributed by atoms with van der Waals surface area (Å²) >= 11 is 1.68. The third kappa shape index (κ3) is 3.50. The highest BCUT2D eigenvalue weighted by atomic mass is 32.1. The van der Waals surface area contributed by atoms with Gasteiger partial charge in [-0.3, -0.25) is 4.79 Å². The molecule has 3 aromatic heterocycles. The van der Waals surface area contributed by atoms with E-state index in [9.17, 15) is 4.79 Å². The Morgan fingerprint density at radius 3 is 2.57 bits per heavy atom. The fourth-order valence-electron chi connectivity index (χ4n) is 3.39. The minimum atomic E-state index is -0.303. The molecular weight excluding hydrogens is 402 g/mol. The van der Waals surface area contributed by atoms with Crippen LogP contribution in [-0.4, -0.2) is 30.3 Å². The summed E-state index contributed by atoms with van der Waals surface area (Å²) in [5.41, 5.74) is 3.56. The lowest BCUT2D eigenvalue weighted by atomic mass is 10.1. The van der Waals surface area contributed by atoms with Crippen LogP contribution in [0.3, 0.4) is 0 Å². The van der Waals surface area contributed by atoms with Crippen LogP contribution in [0.4, 0.5) is 5.69 Å². The molecule has 1 amide bonds. The smallest absolute Gasteiger partial charge is 0.259 e. The number of rotatable bonds is 5. The molecule has 0 bridgehead atoms. The second-order valence-corrected chi connectivity index (χ2v) is 8.31. The number of pyridine rings is 1. The Labute approximate surface area is 177 Å². The number of ether oxygens (including phenoxy) is 2. The lowest BCUT2D eigenvalue weighted by Gasteiger charge is -2.12. The van der Waals surface area contributed by atoms with Gasteiger partial charge in [-0.1, -0.05) is 5.16 Å². The molecule has 0 aliphatic heterocycles. The van der Waals surface area contributed by atoms with E-state index in [1.54, 1.807) is 56.7 Å². The fraction of sp³-hybridized carbons (Fsp3) is 0.227. The van der Waals surface area contributed by atoms with Gasteiger partial charge in [0.15, 0.2) is 0 Å². The summed E-state index contributed by atoms with van der Waals surface area (Å²) in [6.07, 6.45) is 0. The van der Waals surface area contributed by atoms with Crippen LogP contribution in [0, 0.1) is 20.8 Å². The highest BCUT2D eigenvalue weighted by Gasteiger charge is 2.21. The number of hydrogen-bond donors (Lipinski definition) is 1. The van der Waals surface area contributed by atoms with Gasteiger partial charge >= 0.3 is 0 Å². The van der Waals surface area contributed by atoms with Crippen molar-refractivity contribution in [1.29, 1.82) is 0 Å². The standard InChI is InChI=1S/C22H21N3O4S/c1-11-8-15(13(3)30-11)18-10-16(20-12(2)25-29-22(20)24-18)21(26)23-17-7-6-14(27-4)9-19(17)28-5/h6-10H,1-5H3,(H,23,26). The fourth-order valence-corrected chi connectivity index (χ4v) is 4.32. The van der Waals surface area contributed by atoms with Crippen LogP contribution in [0.1, 0.15) is 25.8 Å². The number of aryl methyl sites for hydroxylation is 3. The van der Waals surface area contributed by atoms with Gasteiger partial charge in [-0.05, 0) is 45.0 Å². The number of fused-ring (bicyclic) bond motifs is 1. The Kier molecular flexibility index (Phi) is 5.17. The molecule has 0 saturated heterocycles. The second-order valence-electron chi connectivity index (χ2n) is 6.85. The van der Waals surface area contributed by atoms with E-state index in [1.807, 2.05) is 13.8 Å². The van der Waals surface area contributed by atoms with Gasteiger partial charge in [-0.15, -0.1) is 11.3 Å². The molecule has 1 N–H and O–H groups in total. The summed E-state index contributed by atoms with van der Waals surface area (Å²) in [4.78, 5) is 20.2. The topological polar surface area (TPSA) is 86.5 Å². The second kappa shape index (κ2) is 7.79. The normalized spacial score (nSPS) is 11.0. The first kappa shape index (κ1) is 19.9. The first-order chi connectivity index (χ1) is 14.4. The summed E-state index contributed by atoms with van der Waals surface area (Å²) < 4.78 is 16.0. The Hall–Kier alpha value is -3.39. The molecule has 0 atom stereocenters. The van der Waals surface area contributed by atoms with Crippen molar-refractivity contribution in [2.45, 2.75) is 20.8 Å². The molecule has 4 rings (SSSR count). The van der Waals surface area contributed by atoms with Crippen molar-refractivity contribution < 1.29 is 18.8 Å². The van der Waals surface area contributed by atoms with Crippen LogP contribution in [0.5, 0.6) is 11.5 Å². The predicted octanol–water partition coefficient (Wildman–Crippen LogP) is 5.15. The molecule has 8 heteroatoms. The van der Waals surface area contributed by atoms with Crippen molar-refractivity contribution in [3.8, 4) is 22.8 Å². The zero-order valence-electron chi connectivity index (χ0n) is 17.3. The number of anilines is 1. The maximum atomic E-state index is 13.3. The van der Waals surface area contributed by atoms with Gasteiger partial charge in [-0.25, -0.2) is 4.98 Å². The zero-order chi connectivity index (χ0) is 21.4. The number of carbonyl (C=O) groups excluding carboxylic acids is 1. The van der Waals surface area contributed by atoms with Crippen molar-refractivity contribution in [1.82, 2.24) is 10.1 Å². The highest BCUT2D eigenvalue weighted by Crippen LogP contribution is 2.34. The Morgan fingerprint density at radius 2 is 1.90 bits per heavy atom. The van der Waals surface area contributed by atoms with Gasteiger partial charge in [-0.2, -0.15) is 0 Å². The van der Waals surface area contributed by atoms with Crippen molar-refractivity contribution in [3.05, 3.63) is 51.3 Å². The summed E-state index contributed by atoms with van der Waals surface area (Å²) in [6, 6.07) is 9.05. The Balaban J connectivity index is 1.80. The molecule has 0 aliphatic rings. The summed E-state index contributed by atoms with van der Waals surface area (Å²) in [5, 5.41) is 7.52. The molecule has 0 fully saturated rings. The molecule has 0 unspecified atom stereocenters. The monoisotopic (exact) mass is 423 g/mol. The van der Waals surface area contributed by atoms with Crippen LogP contribution in [0.2, 0.25) is 0 Å². The maximum absolute atomic E-state index is 13.3. The molecule has 0 aliphatic carbocycles. The van der Waals surface area contributed by atoms with Crippen molar-refractivity contribution in [2.75, 3.05) is 19.5 Å².